The van der Waals surface area contributed by atoms with Crippen LogP contribution in [0.3, 0.4) is 0 Å². The number of carbonyl (C=O) groups is 3. The van der Waals surface area contributed by atoms with Crippen LogP contribution < -0.4 is 11.1 Å². The SMILES string of the molecule is COC(=O)c1ccc(C(=O)OC)c(NC(=O)CSCCN)c1. The number of hydrogen-bond donors (Lipinski definition) is 2. The van der Waals surface area contributed by atoms with Crippen LogP contribution in [0.15, 0.2) is 18.2 Å². The van der Waals surface area contributed by atoms with Gasteiger partial charge < -0.3 is 20.5 Å². The molecule has 1 aromatic carbocycles. The van der Waals surface area contributed by atoms with Crippen molar-refractivity contribution in [3.8, 4) is 0 Å². The first kappa shape index (κ1) is 18.0. The first-order chi connectivity index (χ1) is 10.5. The van der Waals surface area contributed by atoms with Crippen LogP contribution in [-0.4, -0.2) is 50.1 Å². The van der Waals surface area contributed by atoms with E-state index in [1.807, 2.05) is 0 Å². The molecular formula is C14H18N2O5S. The van der Waals surface area contributed by atoms with Crippen molar-refractivity contribution in [2.75, 3.05) is 37.6 Å². The van der Waals surface area contributed by atoms with Crippen LogP contribution in [0, 0.1) is 0 Å². The summed E-state index contributed by atoms with van der Waals surface area (Å²) in [5, 5.41) is 2.59. The molecule has 22 heavy (non-hydrogen) atoms. The van der Waals surface area contributed by atoms with E-state index < -0.39 is 11.9 Å². The van der Waals surface area contributed by atoms with Gasteiger partial charge in [0.25, 0.3) is 0 Å². The second-order valence-corrected chi connectivity index (χ2v) is 5.24. The zero-order chi connectivity index (χ0) is 16.5. The van der Waals surface area contributed by atoms with Crippen LogP contribution in [0.4, 0.5) is 5.69 Å². The molecule has 1 amide bonds. The highest BCUT2D eigenvalue weighted by Crippen LogP contribution is 2.20. The first-order valence-electron chi connectivity index (χ1n) is 6.41. The van der Waals surface area contributed by atoms with Crippen LogP contribution in [0.5, 0.6) is 0 Å². The maximum Gasteiger partial charge on any atom is 0.339 e. The maximum atomic E-state index is 11.9. The smallest absolute Gasteiger partial charge is 0.339 e. The molecule has 0 aliphatic heterocycles. The number of amides is 1. The summed E-state index contributed by atoms with van der Waals surface area (Å²) in [5.74, 6) is -0.629. The Kier molecular flexibility index (Phi) is 7.41. The van der Waals surface area contributed by atoms with Crippen molar-refractivity contribution < 1.29 is 23.9 Å². The summed E-state index contributed by atoms with van der Waals surface area (Å²) in [7, 11) is 2.48. The molecular weight excluding hydrogens is 308 g/mol. The number of rotatable bonds is 7. The van der Waals surface area contributed by atoms with Crippen LogP contribution in [-0.2, 0) is 14.3 Å². The lowest BCUT2D eigenvalue weighted by atomic mass is 10.1. The van der Waals surface area contributed by atoms with Crippen molar-refractivity contribution in [3.05, 3.63) is 29.3 Å². The Bertz CT molecular complexity index is 562. The molecule has 0 aliphatic rings. The maximum absolute atomic E-state index is 11.9. The minimum absolute atomic E-state index is 0.160. The highest BCUT2D eigenvalue weighted by atomic mass is 32.2. The third-order valence-corrected chi connectivity index (χ3v) is 3.61. The van der Waals surface area contributed by atoms with Gasteiger partial charge >= 0.3 is 11.9 Å². The Balaban J connectivity index is 2.98. The highest BCUT2D eigenvalue weighted by molar-refractivity contribution is 7.99. The van der Waals surface area contributed by atoms with Crippen molar-refractivity contribution in [1.82, 2.24) is 0 Å². The molecule has 0 atom stereocenters. The average molecular weight is 326 g/mol. The van der Waals surface area contributed by atoms with Crippen LogP contribution in [0.25, 0.3) is 0 Å². The quantitative estimate of drug-likeness (QED) is 0.566. The second-order valence-electron chi connectivity index (χ2n) is 4.13. The number of methoxy groups -OCH3 is 2. The van der Waals surface area contributed by atoms with E-state index in [1.165, 1.54) is 44.2 Å². The zero-order valence-electron chi connectivity index (χ0n) is 12.4. The summed E-state index contributed by atoms with van der Waals surface area (Å²) >= 11 is 1.37. The van der Waals surface area contributed by atoms with E-state index in [-0.39, 0.29) is 28.5 Å². The Morgan fingerprint density at radius 3 is 2.45 bits per heavy atom. The van der Waals surface area contributed by atoms with Gasteiger partial charge in [0.2, 0.25) is 5.91 Å². The Morgan fingerprint density at radius 2 is 1.86 bits per heavy atom. The van der Waals surface area contributed by atoms with Gasteiger partial charge in [-0.25, -0.2) is 9.59 Å². The largest absolute Gasteiger partial charge is 0.465 e. The molecule has 0 bridgehead atoms. The standard InChI is InChI=1S/C14H18N2O5S/c1-20-13(18)9-3-4-10(14(19)21-2)11(7-9)16-12(17)8-22-6-5-15/h3-4,7H,5-6,8,15H2,1-2H3,(H,16,17). The van der Waals surface area contributed by atoms with Gasteiger partial charge in [-0.2, -0.15) is 11.8 Å². The molecule has 120 valence electrons. The van der Waals surface area contributed by atoms with Crippen molar-refractivity contribution in [2.24, 2.45) is 5.73 Å². The topological polar surface area (TPSA) is 108 Å². The zero-order valence-corrected chi connectivity index (χ0v) is 13.2. The fourth-order valence-corrected chi connectivity index (χ4v) is 2.18. The monoisotopic (exact) mass is 326 g/mol. The molecule has 7 nitrogen and oxygen atoms in total. The number of ether oxygens (including phenoxy) is 2. The molecule has 1 aromatic rings. The normalized spacial score (nSPS) is 9.95. The third-order valence-electron chi connectivity index (χ3n) is 2.62. The summed E-state index contributed by atoms with van der Waals surface area (Å²) in [4.78, 5) is 35.1. The number of nitrogens with two attached hydrogens (primary N) is 1. The Labute approximate surface area is 132 Å². The van der Waals surface area contributed by atoms with Crippen molar-refractivity contribution >= 4 is 35.3 Å². The molecule has 0 aliphatic carbocycles. The summed E-state index contributed by atoms with van der Waals surface area (Å²) < 4.78 is 9.27. The fourth-order valence-electron chi connectivity index (χ4n) is 1.61. The number of esters is 2. The number of thioether (sulfide) groups is 1. The second kappa shape index (κ2) is 9.06. The van der Waals surface area contributed by atoms with E-state index in [2.05, 4.69) is 14.8 Å². The number of hydrogen-bond acceptors (Lipinski definition) is 7. The lowest BCUT2D eigenvalue weighted by Gasteiger charge is -2.11. The van der Waals surface area contributed by atoms with E-state index >= 15 is 0 Å². The van der Waals surface area contributed by atoms with Gasteiger partial charge in [-0.1, -0.05) is 0 Å². The number of carbonyl (C=O) groups excluding carboxylic acids is 3. The molecule has 0 spiro atoms. The average Bonchev–Trinajstić information content (AvgIpc) is 2.53. The van der Waals surface area contributed by atoms with E-state index in [4.69, 9.17) is 5.73 Å². The van der Waals surface area contributed by atoms with Gasteiger partial charge in [0.1, 0.15) is 0 Å². The summed E-state index contributed by atoms with van der Waals surface area (Å²) in [6, 6.07) is 4.21. The lowest BCUT2D eigenvalue weighted by molar-refractivity contribution is -0.113. The summed E-state index contributed by atoms with van der Waals surface area (Å²) in [6.45, 7) is 0.475. The van der Waals surface area contributed by atoms with E-state index in [0.717, 1.165) is 0 Å². The number of benzene rings is 1. The fraction of sp³-hybridized carbons (Fsp3) is 0.357. The van der Waals surface area contributed by atoms with Gasteiger partial charge in [-0.3, -0.25) is 4.79 Å². The van der Waals surface area contributed by atoms with Gasteiger partial charge in [0.05, 0.1) is 36.8 Å². The molecule has 0 saturated heterocycles. The first-order valence-corrected chi connectivity index (χ1v) is 7.57. The predicted molar refractivity (Wildman–Crippen MR) is 84.1 cm³/mol. The van der Waals surface area contributed by atoms with Crippen LogP contribution in [0.1, 0.15) is 20.7 Å². The number of anilines is 1. The summed E-state index contributed by atoms with van der Waals surface area (Å²) in [6.07, 6.45) is 0. The Hall–Kier alpha value is -2.06. The van der Waals surface area contributed by atoms with Crippen molar-refractivity contribution in [3.63, 3.8) is 0 Å². The minimum atomic E-state index is -0.610. The minimum Gasteiger partial charge on any atom is -0.465 e. The third kappa shape index (κ3) is 5.05. The Morgan fingerprint density at radius 1 is 1.18 bits per heavy atom. The van der Waals surface area contributed by atoms with E-state index in [0.29, 0.717) is 12.3 Å². The van der Waals surface area contributed by atoms with Gasteiger partial charge in [-0.15, -0.1) is 0 Å². The molecule has 0 aromatic heterocycles. The van der Waals surface area contributed by atoms with Gasteiger partial charge in [0, 0.05) is 12.3 Å². The van der Waals surface area contributed by atoms with E-state index in [1.54, 1.807) is 0 Å². The molecule has 8 heteroatoms. The van der Waals surface area contributed by atoms with Crippen molar-refractivity contribution in [1.29, 1.82) is 0 Å². The predicted octanol–water partition coefficient (Wildman–Crippen LogP) is 0.890. The molecule has 0 fully saturated rings. The van der Waals surface area contributed by atoms with Gasteiger partial charge in [0.15, 0.2) is 0 Å². The molecule has 0 heterocycles. The molecule has 3 N–H and O–H groups in total. The van der Waals surface area contributed by atoms with Crippen LogP contribution >= 0.6 is 11.8 Å². The van der Waals surface area contributed by atoms with E-state index in [9.17, 15) is 14.4 Å². The molecule has 0 unspecified atom stereocenters. The highest BCUT2D eigenvalue weighted by Gasteiger charge is 2.17. The number of nitrogens with one attached hydrogen (secondary N) is 1. The molecule has 1 rings (SSSR count). The summed E-state index contributed by atoms with van der Waals surface area (Å²) in [5.41, 5.74) is 5.94. The molecule has 0 saturated carbocycles. The van der Waals surface area contributed by atoms with Gasteiger partial charge in [-0.05, 0) is 18.2 Å². The molecule has 0 radical (unpaired) electrons. The lowest BCUT2D eigenvalue weighted by Crippen LogP contribution is -2.18. The van der Waals surface area contributed by atoms with Crippen LogP contribution in [0.2, 0.25) is 0 Å². The van der Waals surface area contributed by atoms with Crippen molar-refractivity contribution in [2.45, 2.75) is 0 Å².